The minimum atomic E-state index is -0.170. The highest BCUT2D eigenvalue weighted by Gasteiger charge is 2.05. The first kappa shape index (κ1) is 11.9. The fourth-order valence-electron chi connectivity index (χ4n) is 1.56. The number of hydrogen-bond donors (Lipinski definition) is 1. The van der Waals surface area contributed by atoms with Crippen LogP contribution in [-0.2, 0) is 0 Å². The Balaban J connectivity index is 2.34. The lowest BCUT2D eigenvalue weighted by atomic mass is 10.1. The van der Waals surface area contributed by atoms with E-state index in [1.54, 1.807) is 12.1 Å². The molecule has 0 aromatic heterocycles. The molecule has 0 aliphatic heterocycles. The zero-order valence-electron chi connectivity index (χ0n) is 9.97. The van der Waals surface area contributed by atoms with Gasteiger partial charge in [-0.1, -0.05) is 30.0 Å². The van der Waals surface area contributed by atoms with Crippen molar-refractivity contribution in [2.24, 2.45) is 0 Å². The number of phenols is 1. The molecule has 0 heterocycles. The van der Waals surface area contributed by atoms with Gasteiger partial charge in [0.1, 0.15) is 5.75 Å². The van der Waals surface area contributed by atoms with E-state index in [2.05, 4.69) is 11.8 Å². The van der Waals surface area contributed by atoms with Crippen LogP contribution in [0.2, 0.25) is 0 Å². The Hall–Kier alpha value is -2.53. The van der Waals surface area contributed by atoms with Gasteiger partial charge in [0, 0.05) is 11.1 Å². The van der Waals surface area contributed by atoms with Crippen LogP contribution in [0.25, 0.3) is 0 Å². The lowest BCUT2D eigenvalue weighted by Gasteiger charge is -2.00. The van der Waals surface area contributed by atoms with Gasteiger partial charge in [0.15, 0.2) is 5.78 Å². The molecule has 0 bridgehead atoms. The van der Waals surface area contributed by atoms with E-state index in [0.717, 1.165) is 5.56 Å². The average Bonchev–Trinajstić information content (AvgIpc) is 2.38. The second kappa shape index (κ2) is 5.20. The summed E-state index contributed by atoms with van der Waals surface area (Å²) in [5.74, 6) is 5.80. The molecule has 0 saturated carbocycles. The predicted octanol–water partition coefficient (Wildman–Crippen LogP) is 2.99. The molecule has 88 valence electrons. The van der Waals surface area contributed by atoms with E-state index in [1.165, 1.54) is 13.0 Å². The highest BCUT2D eigenvalue weighted by Crippen LogP contribution is 2.18. The van der Waals surface area contributed by atoms with E-state index >= 15 is 0 Å². The fourth-order valence-corrected chi connectivity index (χ4v) is 1.56. The van der Waals surface area contributed by atoms with Gasteiger partial charge in [0.05, 0.1) is 5.56 Å². The third-order valence-electron chi connectivity index (χ3n) is 2.50. The van der Waals surface area contributed by atoms with Crippen LogP contribution in [-0.4, -0.2) is 10.9 Å². The van der Waals surface area contributed by atoms with Crippen LogP contribution in [0.4, 0.5) is 0 Å². The summed E-state index contributed by atoms with van der Waals surface area (Å²) in [5, 5.41) is 9.52. The molecule has 2 rings (SSSR count). The summed E-state index contributed by atoms with van der Waals surface area (Å²) in [4.78, 5) is 11.3. The summed E-state index contributed by atoms with van der Waals surface area (Å²) in [6.07, 6.45) is 0. The van der Waals surface area contributed by atoms with E-state index < -0.39 is 0 Å². The van der Waals surface area contributed by atoms with E-state index in [1.807, 2.05) is 30.3 Å². The van der Waals surface area contributed by atoms with Crippen molar-refractivity contribution in [3.63, 3.8) is 0 Å². The zero-order valence-corrected chi connectivity index (χ0v) is 9.97. The first-order valence-corrected chi connectivity index (χ1v) is 5.58. The Morgan fingerprint density at radius 3 is 2.33 bits per heavy atom. The van der Waals surface area contributed by atoms with Crippen molar-refractivity contribution in [1.29, 1.82) is 0 Å². The molecule has 0 aliphatic carbocycles. The van der Waals surface area contributed by atoms with Crippen molar-refractivity contribution in [3.05, 3.63) is 65.2 Å². The van der Waals surface area contributed by atoms with E-state index in [0.29, 0.717) is 11.1 Å². The van der Waals surface area contributed by atoms with Gasteiger partial charge in [-0.05, 0) is 37.3 Å². The van der Waals surface area contributed by atoms with Gasteiger partial charge in [0.2, 0.25) is 0 Å². The molecule has 0 saturated heterocycles. The molecule has 18 heavy (non-hydrogen) atoms. The maximum atomic E-state index is 11.3. The minimum absolute atomic E-state index is 0.00670. The molecule has 2 heteroatoms. The van der Waals surface area contributed by atoms with Gasteiger partial charge in [-0.15, -0.1) is 0 Å². The largest absolute Gasteiger partial charge is 0.507 e. The summed E-state index contributed by atoms with van der Waals surface area (Å²) < 4.78 is 0. The summed E-state index contributed by atoms with van der Waals surface area (Å²) in [6, 6.07) is 14.4. The molecule has 2 aromatic rings. The normalized spacial score (nSPS) is 9.39. The van der Waals surface area contributed by atoms with Gasteiger partial charge in [-0.25, -0.2) is 0 Å². The molecule has 0 unspecified atom stereocenters. The molecule has 2 aromatic carbocycles. The molecule has 0 spiro atoms. The quantitative estimate of drug-likeness (QED) is 0.610. The van der Waals surface area contributed by atoms with Crippen LogP contribution in [0.15, 0.2) is 48.5 Å². The number of Topliss-reactive ketones (excluding diaryl/α,β-unsaturated/α-hetero) is 1. The lowest BCUT2D eigenvalue weighted by molar-refractivity contribution is 0.101. The van der Waals surface area contributed by atoms with E-state index in [-0.39, 0.29) is 11.5 Å². The minimum Gasteiger partial charge on any atom is -0.507 e. The monoisotopic (exact) mass is 236 g/mol. The molecule has 2 nitrogen and oxygen atoms in total. The van der Waals surface area contributed by atoms with Gasteiger partial charge in [-0.2, -0.15) is 0 Å². The number of ketones is 1. The van der Waals surface area contributed by atoms with Crippen molar-refractivity contribution in [1.82, 2.24) is 0 Å². The smallest absolute Gasteiger partial charge is 0.163 e. The van der Waals surface area contributed by atoms with Gasteiger partial charge in [0.25, 0.3) is 0 Å². The highest BCUT2D eigenvalue weighted by molar-refractivity contribution is 5.97. The predicted molar refractivity (Wildman–Crippen MR) is 70.5 cm³/mol. The van der Waals surface area contributed by atoms with E-state index in [4.69, 9.17) is 0 Å². The number of carbonyl (C=O) groups excluding carboxylic acids is 1. The molecule has 0 fully saturated rings. The third kappa shape index (κ3) is 2.78. The summed E-state index contributed by atoms with van der Waals surface area (Å²) in [5.41, 5.74) is 1.92. The van der Waals surface area contributed by atoms with Crippen LogP contribution >= 0.6 is 0 Å². The topological polar surface area (TPSA) is 37.3 Å². The van der Waals surface area contributed by atoms with Crippen LogP contribution in [0.1, 0.15) is 28.4 Å². The summed E-state index contributed by atoms with van der Waals surface area (Å²) in [7, 11) is 0. The van der Waals surface area contributed by atoms with Gasteiger partial charge >= 0.3 is 0 Å². The Morgan fingerprint density at radius 2 is 1.67 bits per heavy atom. The maximum Gasteiger partial charge on any atom is 0.163 e. The van der Waals surface area contributed by atoms with Gasteiger partial charge < -0.3 is 5.11 Å². The Kier molecular flexibility index (Phi) is 3.45. The molecule has 0 aliphatic rings. The van der Waals surface area contributed by atoms with Crippen LogP contribution in [0.5, 0.6) is 5.75 Å². The fraction of sp³-hybridized carbons (Fsp3) is 0.0625. The number of aromatic hydroxyl groups is 1. The number of carbonyl (C=O) groups is 1. The Labute approximate surface area is 106 Å². The third-order valence-corrected chi connectivity index (χ3v) is 2.50. The second-order valence-electron chi connectivity index (χ2n) is 3.90. The van der Waals surface area contributed by atoms with Crippen LogP contribution < -0.4 is 0 Å². The summed E-state index contributed by atoms with van der Waals surface area (Å²) in [6.45, 7) is 1.42. The average molecular weight is 236 g/mol. The SMILES string of the molecule is CC(=O)c1cc(C#Cc2ccccc2)ccc1O. The van der Waals surface area contributed by atoms with Crippen LogP contribution in [0.3, 0.4) is 0 Å². The lowest BCUT2D eigenvalue weighted by Crippen LogP contribution is -1.93. The van der Waals surface area contributed by atoms with Crippen molar-refractivity contribution in [2.75, 3.05) is 0 Å². The Morgan fingerprint density at radius 1 is 1.00 bits per heavy atom. The number of rotatable bonds is 1. The number of benzene rings is 2. The van der Waals surface area contributed by atoms with E-state index in [9.17, 15) is 9.90 Å². The molecular weight excluding hydrogens is 224 g/mol. The molecule has 0 atom stereocenters. The van der Waals surface area contributed by atoms with Crippen molar-refractivity contribution < 1.29 is 9.90 Å². The molecule has 0 radical (unpaired) electrons. The molecule has 0 amide bonds. The molecule has 1 N–H and O–H groups in total. The molecular formula is C16H12O2. The zero-order chi connectivity index (χ0) is 13.0. The van der Waals surface area contributed by atoms with Crippen molar-refractivity contribution >= 4 is 5.78 Å². The number of phenolic OH excluding ortho intramolecular Hbond substituents is 1. The van der Waals surface area contributed by atoms with Gasteiger partial charge in [-0.3, -0.25) is 4.79 Å². The number of hydrogen-bond acceptors (Lipinski definition) is 2. The first-order valence-electron chi connectivity index (χ1n) is 5.58. The van der Waals surface area contributed by atoms with Crippen molar-refractivity contribution in [2.45, 2.75) is 6.92 Å². The second-order valence-corrected chi connectivity index (χ2v) is 3.90. The maximum absolute atomic E-state index is 11.3. The summed E-state index contributed by atoms with van der Waals surface area (Å²) >= 11 is 0. The Bertz CT molecular complexity index is 631. The van der Waals surface area contributed by atoms with Crippen molar-refractivity contribution in [3.8, 4) is 17.6 Å². The highest BCUT2D eigenvalue weighted by atomic mass is 16.3. The first-order chi connectivity index (χ1) is 8.66. The standard InChI is InChI=1S/C16H12O2/c1-12(17)15-11-14(9-10-16(15)18)8-7-13-5-3-2-4-6-13/h2-6,9-11,18H,1H3. The van der Waals surface area contributed by atoms with Crippen LogP contribution in [0, 0.1) is 11.8 Å².